The van der Waals surface area contributed by atoms with Gasteiger partial charge in [0.1, 0.15) is 6.67 Å². The lowest BCUT2D eigenvalue weighted by Crippen LogP contribution is -2.28. The van der Waals surface area contributed by atoms with Crippen molar-refractivity contribution in [1.82, 2.24) is 9.55 Å². The second-order valence-corrected chi connectivity index (χ2v) is 4.43. The van der Waals surface area contributed by atoms with Crippen LogP contribution in [0.15, 0.2) is 36.9 Å². The highest BCUT2D eigenvalue weighted by Crippen LogP contribution is 2.31. The average molecular weight is 248 g/mol. The Hall–Kier alpha value is -1.81. The van der Waals surface area contributed by atoms with Gasteiger partial charge in [-0.15, -0.1) is 0 Å². The predicted molar refractivity (Wildman–Crippen MR) is 64.9 cm³/mol. The van der Waals surface area contributed by atoms with E-state index in [-0.39, 0.29) is 5.91 Å². The normalized spacial score (nSPS) is 14.2. The van der Waals surface area contributed by atoms with Crippen LogP contribution in [-0.4, -0.2) is 15.5 Å². The van der Waals surface area contributed by atoms with Crippen LogP contribution in [0.3, 0.4) is 0 Å². The van der Waals surface area contributed by atoms with Gasteiger partial charge in [0.25, 0.3) is 0 Å². The third-order valence-electron chi connectivity index (χ3n) is 2.84. The topological polar surface area (TPSA) is 38.1 Å². The zero-order valence-corrected chi connectivity index (χ0v) is 9.76. The summed E-state index contributed by atoms with van der Waals surface area (Å²) in [6, 6.07) is 5.54. The molecule has 0 aliphatic carbocycles. The lowest BCUT2D eigenvalue weighted by molar-refractivity contribution is -0.117. The average Bonchev–Trinajstić information content (AvgIpc) is 2.88. The fraction of sp³-hybridized carbons (Fsp3) is 0.167. The molecular weight excluding hydrogens is 238 g/mol. The van der Waals surface area contributed by atoms with Crippen molar-refractivity contribution < 1.29 is 4.79 Å². The van der Waals surface area contributed by atoms with Gasteiger partial charge in [-0.3, -0.25) is 9.69 Å². The minimum absolute atomic E-state index is 0.0935. The molecule has 0 saturated carbocycles. The van der Waals surface area contributed by atoms with Gasteiger partial charge in [-0.25, -0.2) is 4.98 Å². The Morgan fingerprint density at radius 3 is 3.06 bits per heavy atom. The van der Waals surface area contributed by atoms with Crippen LogP contribution in [-0.2, 0) is 17.9 Å². The van der Waals surface area contributed by atoms with Gasteiger partial charge in [0, 0.05) is 23.1 Å². The summed E-state index contributed by atoms with van der Waals surface area (Å²) < 4.78 is 1.86. The van der Waals surface area contributed by atoms with Crippen LogP contribution in [0.25, 0.3) is 0 Å². The number of benzene rings is 1. The molecule has 1 amide bonds. The van der Waals surface area contributed by atoms with Crippen molar-refractivity contribution in [3.05, 3.63) is 47.5 Å². The van der Waals surface area contributed by atoms with Crippen LogP contribution >= 0.6 is 11.6 Å². The van der Waals surface area contributed by atoms with E-state index in [1.54, 1.807) is 23.5 Å². The van der Waals surface area contributed by atoms with Crippen molar-refractivity contribution in [2.75, 3.05) is 4.90 Å². The molecule has 0 atom stereocenters. The van der Waals surface area contributed by atoms with Gasteiger partial charge in [-0.1, -0.05) is 11.6 Å². The fourth-order valence-electron chi connectivity index (χ4n) is 2.04. The number of carbonyl (C=O) groups excluding carboxylic acids is 1. The summed E-state index contributed by atoms with van der Waals surface area (Å²) >= 11 is 5.92. The van der Waals surface area contributed by atoms with Crippen molar-refractivity contribution in [3.63, 3.8) is 0 Å². The van der Waals surface area contributed by atoms with Gasteiger partial charge in [-0.2, -0.15) is 0 Å². The molecule has 3 rings (SSSR count). The highest BCUT2D eigenvalue weighted by molar-refractivity contribution is 6.30. The summed E-state index contributed by atoms with van der Waals surface area (Å²) in [5.74, 6) is 0.0935. The molecule has 0 bridgehead atoms. The van der Waals surface area contributed by atoms with Crippen molar-refractivity contribution in [2.45, 2.75) is 13.1 Å². The molecule has 4 nitrogen and oxygen atoms in total. The molecule has 0 radical (unpaired) electrons. The standard InChI is InChI=1S/C12H10ClN3O/c13-10-1-2-11-9(5-10)6-12(17)16(11)8-15-4-3-14-7-15/h1-5,7H,6,8H2. The molecule has 86 valence electrons. The van der Waals surface area contributed by atoms with Gasteiger partial charge in [0.05, 0.1) is 12.7 Å². The lowest BCUT2D eigenvalue weighted by atomic mass is 10.2. The predicted octanol–water partition coefficient (Wildman–Crippen LogP) is 2.08. The van der Waals surface area contributed by atoms with Crippen LogP contribution < -0.4 is 4.90 Å². The maximum Gasteiger partial charge on any atom is 0.232 e. The quantitative estimate of drug-likeness (QED) is 0.815. The Labute approximate surface area is 103 Å². The first-order valence-corrected chi connectivity index (χ1v) is 5.66. The highest BCUT2D eigenvalue weighted by atomic mass is 35.5. The molecule has 1 aromatic heterocycles. The Kier molecular flexibility index (Phi) is 2.37. The molecule has 0 spiro atoms. The van der Waals surface area contributed by atoms with E-state index < -0.39 is 0 Å². The second kappa shape index (κ2) is 3.89. The van der Waals surface area contributed by atoms with Gasteiger partial charge in [-0.05, 0) is 23.8 Å². The number of nitrogens with zero attached hydrogens (tertiary/aromatic N) is 3. The van der Waals surface area contributed by atoms with Crippen LogP contribution in [0.1, 0.15) is 5.56 Å². The second-order valence-electron chi connectivity index (χ2n) is 3.99. The van der Waals surface area contributed by atoms with E-state index in [4.69, 9.17) is 11.6 Å². The van der Waals surface area contributed by atoms with Crippen molar-refractivity contribution in [1.29, 1.82) is 0 Å². The van der Waals surface area contributed by atoms with Crippen LogP contribution in [0.5, 0.6) is 0 Å². The number of hydrogen-bond donors (Lipinski definition) is 0. The number of carbonyl (C=O) groups is 1. The summed E-state index contributed by atoms with van der Waals surface area (Å²) in [6.07, 6.45) is 5.65. The summed E-state index contributed by atoms with van der Waals surface area (Å²) in [6.45, 7) is 0.494. The van der Waals surface area contributed by atoms with Crippen molar-refractivity contribution in [2.24, 2.45) is 0 Å². The molecule has 1 aliphatic heterocycles. The van der Waals surface area contributed by atoms with E-state index in [0.717, 1.165) is 11.3 Å². The first-order valence-electron chi connectivity index (χ1n) is 5.28. The van der Waals surface area contributed by atoms with Crippen LogP contribution in [0.2, 0.25) is 5.02 Å². The minimum atomic E-state index is 0.0935. The third kappa shape index (κ3) is 1.80. The van der Waals surface area contributed by atoms with E-state index in [9.17, 15) is 4.79 Å². The number of amides is 1. The first-order chi connectivity index (χ1) is 8.24. The molecule has 2 heterocycles. The number of imidazole rings is 1. The fourth-order valence-corrected chi connectivity index (χ4v) is 2.24. The monoisotopic (exact) mass is 247 g/mol. The summed E-state index contributed by atoms with van der Waals surface area (Å²) in [5, 5.41) is 0.668. The van der Waals surface area contributed by atoms with Gasteiger partial charge >= 0.3 is 0 Å². The number of halogens is 1. The Morgan fingerprint density at radius 1 is 1.41 bits per heavy atom. The van der Waals surface area contributed by atoms with E-state index in [2.05, 4.69) is 4.98 Å². The van der Waals surface area contributed by atoms with E-state index >= 15 is 0 Å². The highest BCUT2D eigenvalue weighted by Gasteiger charge is 2.27. The molecule has 2 aromatic rings. The Balaban J connectivity index is 1.94. The number of hydrogen-bond acceptors (Lipinski definition) is 2. The van der Waals surface area contributed by atoms with E-state index in [1.165, 1.54) is 0 Å². The number of aromatic nitrogens is 2. The van der Waals surface area contributed by atoms with E-state index in [1.807, 2.05) is 22.9 Å². The summed E-state index contributed by atoms with van der Waals surface area (Å²) in [4.78, 5) is 17.6. The summed E-state index contributed by atoms with van der Waals surface area (Å²) in [5.41, 5.74) is 1.93. The largest absolute Gasteiger partial charge is 0.319 e. The molecule has 17 heavy (non-hydrogen) atoms. The molecule has 0 N–H and O–H groups in total. The van der Waals surface area contributed by atoms with Crippen LogP contribution in [0.4, 0.5) is 5.69 Å². The van der Waals surface area contributed by atoms with Crippen molar-refractivity contribution in [3.8, 4) is 0 Å². The Bertz CT molecular complexity index is 565. The minimum Gasteiger partial charge on any atom is -0.319 e. The van der Waals surface area contributed by atoms with Gasteiger partial charge in [0.2, 0.25) is 5.91 Å². The SMILES string of the molecule is O=C1Cc2cc(Cl)ccc2N1Cn1ccnc1. The summed E-state index contributed by atoms with van der Waals surface area (Å²) in [7, 11) is 0. The lowest BCUT2D eigenvalue weighted by Gasteiger charge is -2.17. The molecule has 0 saturated heterocycles. The van der Waals surface area contributed by atoms with Gasteiger partial charge < -0.3 is 4.57 Å². The third-order valence-corrected chi connectivity index (χ3v) is 3.07. The molecular formula is C12H10ClN3O. The van der Waals surface area contributed by atoms with Crippen LogP contribution in [0, 0.1) is 0 Å². The smallest absolute Gasteiger partial charge is 0.232 e. The number of fused-ring (bicyclic) bond motifs is 1. The maximum atomic E-state index is 11.9. The zero-order chi connectivity index (χ0) is 11.8. The molecule has 5 heteroatoms. The number of anilines is 1. The Morgan fingerprint density at radius 2 is 2.29 bits per heavy atom. The molecule has 1 aliphatic rings. The first kappa shape index (κ1) is 10.4. The zero-order valence-electron chi connectivity index (χ0n) is 9.01. The molecule has 1 aromatic carbocycles. The van der Waals surface area contributed by atoms with Crippen molar-refractivity contribution >= 4 is 23.2 Å². The van der Waals surface area contributed by atoms with Gasteiger partial charge in [0.15, 0.2) is 0 Å². The number of rotatable bonds is 2. The van der Waals surface area contributed by atoms with E-state index in [0.29, 0.717) is 18.1 Å². The molecule has 0 fully saturated rings. The maximum absolute atomic E-state index is 11.9. The molecule has 0 unspecified atom stereocenters.